The van der Waals surface area contributed by atoms with Gasteiger partial charge in [-0.15, -0.1) is 0 Å². The Balaban J connectivity index is 1.87. The van der Waals surface area contributed by atoms with Gasteiger partial charge in [0.15, 0.2) is 6.61 Å². The first-order valence-electron chi connectivity index (χ1n) is 8.05. The van der Waals surface area contributed by atoms with Crippen LogP contribution in [-0.4, -0.2) is 40.2 Å². The predicted octanol–water partition coefficient (Wildman–Crippen LogP) is 5.02. The van der Waals surface area contributed by atoms with E-state index in [1.807, 2.05) is 0 Å². The molecule has 1 amide bonds. The second-order valence-corrected chi connectivity index (χ2v) is 7.88. The number of carbonyl (C=O) groups is 1. The molecule has 0 spiro atoms. The number of hydrazone groups is 1. The van der Waals surface area contributed by atoms with E-state index in [9.17, 15) is 23.1 Å². The van der Waals surface area contributed by atoms with Crippen molar-refractivity contribution < 1.29 is 27.8 Å². The Morgan fingerprint density at radius 2 is 2.00 bits per heavy atom. The Morgan fingerprint density at radius 3 is 2.62 bits per heavy atom. The Kier molecular flexibility index (Phi) is 6.14. The number of hydrogen-bond acceptors (Lipinski definition) is 4. The maximum atomic E-state index is 13.6. The van der Waals surface area contributed by atoms with E-state index in [1.54, 1.807) is 12.1 Å². The number of hydrogen-bond donors (Lipinski definition) is 1. The lowest BCUT2D eigenvalue weighted by Gasteiger charge is -2.32. The molecule has 154 valence electrons. The molecule has 11 heteroatoms. The molecule has 1 N–H and O–H groups in total. The summed E-state index contributed by atoms with van der Waals surface area (Å²) in [5, 5.41) is 14.5. The zero-order chi connectivity index (χ0) is 21.4. The average molecular weight is 512 g/mol. The van der Waals surface area contributed by atoms with Crippen LogP contribution in [0.3, 0.4) is 0 Å². The van der Waals surface area contributed by atoms with Gasteiger partial charge in [0.25, 0.3) is 11.6 Å². The molecule has 1 heterocycles. The summed E-state index contributed by atoms with van der Waals surface area (Å²) in [6, 6.07) is 10.5. The van der Waals surface area contributed by atoms with Crippen molar-refractivity contribution in [3.05, 3.63) is 62.5 Å². The average Bonchev–Trinajstić information content (AvgIpc) is 3.00. The molecule has 5 nitrogen and oxygen atoms in total. The lowest BCUT2D eigenvalue weighted by Crippen LogP contribution is -2.57. The van der Waals surface area contributed by atoms with Gasteiger partial charge in [0, 0.05) is 9.50 Å². The van der Waals surface area contributed by atoms with Crippen molar-refractivity contribution in [2.24, 2.45) is 5.10 Å². The van der Waals surface area contributed by atoms with Gasteiger partial charge in [-0.3, -0.25) is 4.79 Å². The summed E-state index contributed by atoms with van der Waals surface area (Å²) < 4.78 is 46.6. The SMILES string of the molecule is O=C(COc1ccc(Cl)cc1Cl)N1N=C(c2cccc(Br)c2)CC1(O)C(F)(F)F. The van der Waals surface area contributed by atoms with Crippen molar-refractivity contribution in [3.8, 4) is 5.75 Å². The first-order chi connectivity index (χ1) is 13.5. The predicted molar refractivity (Wildman–Crippen MR) is 105 cm³/mol. The number of alkyl halides is 3. The van der Waals surface area contributed by atoms with Gasteiger partial charge in [-0.1, -0.05) is 51.3 Å². The standard InChI is InChI=1S/C18H12BrCl2F3N2O3/c19-11-3-1-2-10(6-11)14-8-17(28,18(22,23)24)26(25-14)16(27)9-29-15-5-4-12(20)7-13(15)21/h1-7,28H,8-9H2. The second kappa shape index (κ2) is 8.14. The topological polar surface area (TPSA) is 62.1 Å². The molecule has 0 aromatic heterocycles. The van der Waals surface area contributed by atoms with Crippen molar-refractivity contribution in [1.82, 2.24) is 5.01 Å². The Labute approximate surface area is 181 Å². The monoisotopic (exact) mass is 510 g/mol. The largest absolute Gasteiger partial charge is 0.482 e. The fourth-order valence-corrected chi connectivity index (χ4v) is 3.51. The van der Waals surface area contributed by atoms with Crippen LogP contribution in [0, 0.1) is 0 Å². The molecule has 1 aliphatic heterocycles. The minimum Gasteiger partial charge on any atom is -0.482 e. The zero-order valence-corrected chi connectivity index (χ0v) is 17.5. The first-order valence-corrected chi connectivity index (χ1v) is 9.59. The van der Waals surface area contributed by atoms with E-state index in [0.29, 0.717) is 15.1 Å². The van der Waals surface area contributed by atoms with Gasteiger partial charge in [0.05, 0.1) is 17.2 Å². The minimum atomic E-state index is -5.14. The lowest BCUT2D eigenvalue weighted by molar-refractivity contribution is -0.302. The molecular formula is C18H12BrCl2F3N2O3. The molecule has 0 radical (unpaired) electrons. The number of ether oxygens (including phenoxy) is 1. The summed E-state index contributed by atoms with van der Waals surface area (Å²) in [6.07, 6.45) is -6.06. The normalized spacial score (nSPS) is 19.3. The number of nitrogens with zero attached hydrogens (tertiary/aromatic N) is 2. The number of benzene rings is 2. The van der Waals surface area contributed by atoms with Crippen LogP contribution in [0.2, 0.25) is 10.0 Å². The lowest BCUT2D eigenvalue weighted by atomic mass is 10.0. The number of amides is 1. The van der Waals surface area contributed by atoms with E-state index in [4.69, 9.17) is 27.9 Å². The molecule has 0 saturated heterocycles. The van der Waals surface area contributed by atoms with Crippen LogP contribution in [0.25, 0.3) is 0 Å². The third kappa shape index (κ3) is 4.53. The van der Waals surface area contributed by atoms with E-state index in [1.165, 1.54) is 30.3 Å². The highest BCUT2D eigenvalue weighted by atomic mass is 79.9. The third-order valence-corrected chi connectivity index (χ3v) is 5.10. The van der Waals surface area contributed by atoms with Gasteiger partial charge < -0.3 is 9.84 Å². The molecule has 3 rings (SSSR count). The zero-order valence-electron chi connectivity index (χ0n) is 14.4. The molecule has 2 aromatic rings. The first kappa shape index (κ1) is 21.9. The number of rotatable bonds is 4. The summed E-state index contributed by atoms with van der Waals surface area (Å²) in [5.74, 6) is -1.14. The molecule has 0 fully saturated rings. The van der Waals surface area contributed by atoms with Crippen LogP contribution >= 0.6 is 39.1 Å². The van der Waals surface area contributed by atoms with Crippen molar-refractivity contribution in [2.75, 3.05) is 6.61 Å². The Morgan fingerprint density at radius 1 is 1.28 bits per heavy atom. The summed E-state index contributed by atoms with van der Waals surface area (Å²) in [5.41, 5.74) is -3.25. The number of carbonyl (C=O) groups excluding carboxylic acids is 1. The number of aliphatic hydroxyl groups is 1. The molecule has 0 aliphatic carbocycles. The van der Waals surface area contributed by atoms with E-state index < -0.39 is 30.8 Å². The Hall–Kier alpha value is -1.81. The summed E-state index contributed by atoms with van der Waals surface area (Å²) in [6.45, 7) is -0.824. The highest BCUT2D eigenvalue weighted by molar-refractivity contribution is 9.10. The van der Waals surface area contributed by atoms with E-state index in [-0.39, 0.29) is 21.5 Å². The third-order valence-electron chi connectivity index (χ3n) is 4.08. The maximum Gasteiger partial charge on any atom is 0.438 e. The highest BCUT2D eigenvalue weighted by Crippen LogP contribution is 2.41. The molecular weight excluding hydrogens is 500 g/mol. The van der Waals surface area contributed by atoms with Crippen molar-refractivity contribution >= 4 is 50.8 Å². The van der Waals surface area contributed by atoms with Gasteiger partial charge >= 0.3 is 6.18 Å². The molecule has 1 unspecified atom stereocenters. The summed E-state index contributed by atoms with van der Waals surface area (Å²) in [4.78, 5) is 12.5. The van der Waals surface area contributed by atoms with Gasteiger partial charge in [0.1, 0.15) is 5.75 Å². The van der Waals surface area contributed by atoms with Crippen LogP contribution < -0.4 is 4.74 Å². The Bertz CT molecular complexity index is 987. The van der Waals surface area contributed by atoms with Crippen LogP contribution in [0.1, 0.15) is 12.0 Å². The molecule has 29 heavy (non-hydrogen) atoms. The van der Waals surface area contributed by atoms with Crippen molar-refractivity contribution in [1.29, 1.82) is 0 Å². The summed E-state index contributed by atoms with van der Waals surface area (Å²) in [7, 11) is 0. The maximum absolute atomic E-state index is 13.6. The van der Waals surface area contributed by atoms with E-state index in [0.717, 1.165) is 0 Å². The minimum absolute atomic E-state index is 0.00701. The van der Waals surface area contributed by atoms with Gasteiger partial charge in [0.2, 0.25) is 0 Å². The van der Waals surface area contributed by atoms with E-state index >= 15 is 0 Å². The number of halogens is 6. The van der Waals surface area contributed by atoms with Crippen LogP contribution in [0.15, 0.2) is 52.0 Å². The van der Waals surface area contributed by atoms with Crippen molar-refractivity contribution in [2.45, 2.75) is 18.3 Å². The van der Waals surface area contributed by atoms with Crippen molar-refractivity contribution in [3.63, 3.8) is 0 Å². The van der Waals surface area contributed by atoms with Gasteiger partial charge in [-0.05, 0) is 35.9 Å². The molecule has 0 bridgehead atoms. The quantitative estimate of drug-likeness (QED) is 0.626. The smallest absolute Gasteiger partial charge is 0.438 e. The fraction of sp³-hybridized carbons (Fsp3) is 0.222. The highest BCUT2D eigenvalue weighted by Gasteiger charge is 2.63. The van der Waals surface area contributed by atoms with Crippen LogP contribution in [-0.2, 0) is 4.79 Å². The summed E-state index contributed by atoms with van der Waals surface area (Å²) >= 11 is 14.9. The molecule has 1 atom stereocenters. The van der Waals surface area contributed by atoms with Gasteiger partial charge in [-0.2, -0.15) is 23.3 Å². The second-order valence-electron chi connectivity index (χ2n) is 6.12. The fourth-order valence-electron chi connectivity index (χ4n) is 2.65. The van der Waals surface area contributed by atoms with Crippen LogP contribution in [0.4, 0.5) is 13.2 Å². The van der Waals surface area contributed by atoms with Gasteiger partial charge in [-0.25, -0.2) is 0 Å². The van der Waals surface area contributed by atoms with E-state index in [2.05, 4.69) is 21.0 Å². The molecule has 2 aromatic carbocycles. The molecule has 0 saturated carbocycles. The molecule has 1 aliphatic rings. The van der Waals surface area contributed by atoms with Crippen LogP contribution in [0.5, 0.6) is 5.75 Å².